The van der Waals surface area contributed by atoms with Crippen LogP contribution in [0.1, 0.15) is 52.7 Å². The van der Waals surface area contributed by atoms with E-state index in [1.54, 1.807) is 7.11 Å². The number of esters is 1. The molecule has 1 aromatic carbocycles. The Labute approximate surface area is 135 Å². The molecule has 0 unspecified atom stereocenters. The van der Waals surface area contributed by atoms with Crippen LogP contribution in [0.5, 0.6) is 5.75 Å². The molecule has 4 nitrogen and oxygen atoms in total. The number of fused-ring (bicyclic) bond motifs is 2. The van der Waals surface area contributed by atoms with Crippen molar-refractivity contribution in [1.29, 1.82) is 0 Å². The van der Waals surface area contributed by atoms with Crippen LogP contribution >= 0.6 is 0 Å². The summed E-state index contributed by atoms with van der Waals surface area (Å²) in [6.07, 6.45) is 2.17. The maximum atomic E-state index is 13.2. The van der Waals surface area contributed by atoms with Crippen LogP contribution in [0.3, 0.4) is 0 Å². The topological polar surface area (TPSA) is 52.6 Å². The summed E-state index contributed by atoms with van der Waals surface area (Å²) in [4.78, 5) is 26.0. The lowest BCUT2D eigenvalue weighted by Crippen LogP contribution is -2.61. The van der Waals surface area contributed by atoms with Crippen molar-refractivity contribution >= 4 is 11.8 Å². The first-order chi connectivity index (χ1) is 11.0. The Morgan fingerprint density at radius 1 is 1.35 bits per heavy atom. The second kappa shape index (κ2) is 3.97. The fourth-order valence-electron chi connectivity index (χ4n) is 5.93. The van der Waals surface area contributed by atoms with Gasteiger partial charge in [0.2, 0.25) is 0 Å². The Kier molecular flexibility index (Phi) is 2.35. The SMILES string of the molecule is COc1cc2c3c(c1C)C(=O)[C@H]1[C@H]4C[C@H](C)[C@](CC2)(C(=O)O4)[C@@H]31. The van der Waals surface area contributed by atoms with Crippen molar-refractivity contribution in [1.82, 2.24) is 0 Å². The van der Waals surface area contributed by atoms with E-state index in [9.17, 15) is 9.59 Å². The van der Waals surface area contributed by atoms with E-state index in [1.807, 2.05) is 6.92 Å². The van der Waals surface area contributed by atoms with Gasteiger partial charge in [0.05, 0.1) is 18.4 Å². The Morgan fingerprint density at radius 3 is 2.83 bits per heavy atom. The van der Waals surface area contributed by atoms with Gasteiger partial charge in [0, 0.05) is 17.0 Å². The summed E-state index contributed by atoms with van der Waals surface area (Å²) in [5.41, 5.74) is 3.58. The highest BCUT2D eigenvalue weighted by atomic mass is 16.5. The molecule has 1 saturated carbocycles. The number of hydrogen-bond acceptors (Lipinski definition) is 4. The molecule has 3 fully saturated rings. The van der Waals surface area contributed by atoms with Crippen molar-refractivity contribution in [3.05, 3.63) is 28.3 Å². The number of benzene rings is 1. The van der Waals surface area contributed by atoms with Crippen molar-refractivity contribution in [3.8, 4) is 5.75 Å². The van der Waals surface area contributed by atoms with E-state index in [1.165, 1.54) is 5.56 Å². The molecule has 0 N–H and O–H groups in total. The number of carbonyl (C=O) groups excluding carboxylic acids is 2. The summed E-state index contributed by atoms with van der Waals surface area (Å²) >= 11 is 0. The lowest BCUT2D eigenvalue weighted by molar-refractivity contribution is -0.203. The highest BCUT2D eigenvalue weighted by molar-refractivity contribution is 6.08. The minimum Gasteiger partial charge on any atom is -0.496 e. The molecule has 0 amide bonds. The fourth-order valence-corrected chi connectivity index (χ4v) is 5.93. The first kappa shape index (κ1) is 13.6. The first-order valence-electron chi connectivity index (χ1n) is 8.46. The zero-order valence-electron chi connectivity index (χ0n) is 13.6. The van der Waals surface area contributed by atoms with E-state index in [4.69, 9.17) is 9.47 Å². The standard InChI is InChI=1S/C19H20O4/c1-8-6-12-15-16-14-10(4-5-19(8,16)18(21)23-12)7-11(22-3)9(2)13(14)17(15)20/h7-8,12,15-16H,4-6H2,1-3H3/t8-,12+,15-,16-,19-/m0/s1. The van der Waals surface area contributed by atoms with Gasteiger partial charge < -0.3 is 9.47 Å². The monoisotopic (exact) mass is 312 g/mol. The molecule has 120 valence electrons. The molecule has 23 heavy (non-hydrogen) atoms. The van der Waals surface area contributed by atoms with Gasteiger partial charge in [-0.1, -0.05) is 6.92 Å². The van der Waals surface area contributed by atoms with Gasteiger partial charge in [-0.2, -0.15) is 0 Å². The lowest BCUT2D eigenvalue weighted by atomic mass is 9.50. The maximum absolute atomic E-state index is 13.2. The third-order valence-electron chi connectivity index (χ3n) is 6.97. The van der Waals surface area contributed by atoms with E-state index < -0.39 is 5.41 Å². The minimum atomic E-state index is -0.492. The van der Waals surface area contributed by atoms with E-state index in [2.05, 4.69) is 13.0 Å². The smallest absolute Gasteiger partial charge is 0.313 e. The van der Waals surface area contributed by atoms with Crippen molar-refractivity contribution in [2.45, 2.75) is 45.1 Å². The summed E-state index contributed by atoms with van der Waals surface area (Å²) in [6.45, 7) is 4.12. The zero-order valence-corrected chi connectivity index (χ0v) is 13.6. The molecule has 2 heterocycles. The number of hydrogen-bond donors (Lipinski definition) is 0. The van der Waals surface area contributed by atoms with Gasteiger partial charge in [-0.05, 0) is 49.3 Å². The van der Waals surface area contributed by atoms with E-state index in [0.29, 0.717) is 0 Å². The second-order valence-corrected chi connectivity index (χ2v) is 7.64. The van der Waals surface area contributed by atoms with E-state index in [0.717, 1.165) is 41.7 Å². The van der Waals surface area contributed by atoms with Crippen LogP contribution in [-0.4, -0.2) is 25.0 Å². The average molecular weight is 312 g/mol. The van der Waals surface area contributed by atoms with Gasteiger partial charge in [0.15, 0.2) is 5.78 Å². The van der Waals surface area contributed by atoms with Crippen LogP contribution in [0.4, 0.5) is 0 Å². The Morgan fingerprint density at radius 2 is 2.13 bits per heavy atom. The van der Waals surface area contributed by atoms with Crippen LogP contribution in [-0.2, 0) is 16.0 Å². The highest BCUT2D eigenvalue weighted by Crippen LogP contribution is 2.67. The van der Waals surface area contributed by atoms with E-state index in [-0.39, 0.29) is 35.6 Å². The molecule has 2 aliphatic heterocycles. The minimum absolute atomic E-state index is 0.0216. The molecular weight excluding hydrogens is 292 g/mol. The molecule has 2 bridgehead atoms. The Hall–Kier alpha value is -1.84. The number of rotatable bonds is 1. The average Bonchev–Trinajstić information content (AvgIpc) is 2.84. The molecule has 1 aromatic rings. The Balaban J connectivity index is 1.85. The summed E-state index contributed by atoms with van der Waals surface area (Å²) in [5, 5.41) is 0. The maximum Gasteiger partial charge on any atom is 0.313 e. The number of methoxy groups -OCH3 is 1. The fraction of sp³-hybridized carbons (Fsp3) is 0.579. The van der Waals surface area contributed by atoms with Crippen LogP contribution in [0.15, 0.2) is 6.07 Å². The molecule has 0 radical (unpaired) electrons. The molecular formula is C19H20O4. The molecule has 4 heteroatoms. The summed E-state index contributed by atoms with van der Waals surface area (Å²) < 4.78 is 11.2. The molecule has 2 saturated heterocycles. The van der Waals surface area contributed by atoms with Crippen LogP contribution in [0, 0.1) is 24.2 Å². The third kappa shape index (κ3) is 1.28. The summed E-state index contributed by atoms with van der Waals surface area (Å²) in [6, 6.07) is 2.08. The van der Waals surface area contributed by atoms with Gasteiger partial charge in [-0.15, -0.1) is 0 Å². The quantitative estimate of drug-likeness (QED) is 0.748. The highest BCUT2D eigenvalue weighted by Gasteiger charge is 2.69. The first-order valence-corrected chi connectivity index (χ1v) is 8.46. The lowest BCUT2D eigenvalue weighted by Gasteiger charge is -2.57. The van der Waals surface area contributed by atoms with Gasteiger partial charge in [-0.25, -0.2) is 0 Å². The molecule has 0 aromatic heterocycles. The zero-order chi connectivity index (χ0) is 16.1. The van der Waals surface area contributed by atoms with Crippen LogP contribution in [0.2, 0.25) is 0 Å². The predicted octanol–water partition coefficient (Wildman–Crippen LogP) is 2.80. The number of carbonyl (C=O) groups is 2. The normalized spacial score (nSPS) is 39.3. The number of ether oxygens (including phenoxy) is 2. The number of Topliss-reactive ketones (excluding diaryl/α,β-unsaturated/α-hetero) is 1. The summed E-state index contributed by atoms with van der Waals surface area (Å²) in [7, 11) is 1.65. The Bertz CT molecular complexity index is 780. The van der Waals surface area contributed by atoms with E-state index >= 15 is 0 Å². The van der Waals surface area contributed by atoms with Gasteiger partial charge >= 0.3 is 5.97 Å². The number of aryl methyl sites for hydroxylation is 1. The van der Waals surface area contributed by atoms with Crippen molar-refractivity contribution < 1.29 is 19.1 Å². The third-order valence-corrected chi connectivity index (χ3v) is 6.97. The summed E-state index contributed by atoms with van der Waals surface area (Å²) in [5.74, 6) is 1.01. The number of ketones is 1. The molecule has 6 rings (SSSR count). The predicted molar refractivity (Wildman–Crippen MR) is 82.7 cm³/mol. The van der Waals surface area contributed by atoms with Crippen molar-refractivity contribution in [2.24, 2.45) is 17.3 Å². The van der Waals surface area contributed by atoms with Crippen molar-refractivity contribution in [3.63, 3.8) is 0 Å². The molecule has 5 atom stereocenters. The molecule has 3 aliphatic carbocycles. The van der Waals surface area contributed by atoms with Crippen LogP contribution < -0.4 is 4.74 Å². The van der Waals surface area contributed by atoms with Crippen molar-refractivity contribution in [2.75, 3.05) is 7.11 Å². The molecule has 1 spiro atoms. The van der Waals surface area contributed by atoms with Gasteiger partial charge in [-0.3, -0.25) is 9.59 Å². The van der Waals surface area contributed by atoms with Gasteiger partial charge in [0.25, 0.3) is 0 Å². The largest absolute Gasteiger partial charge is 0.496 e. The molecule has 5 aliphatic rings. The second-order valence-electron chi connectivity index (χ2n) is 7.64. The van der Waals surface area contributed by atoms with Gasteiger partial charge in [0.1, 0.15) is 11.9 Å². The van der Waals surface area contributed by atoms with Crippen LogP contribution in [0.25, 0.3) is 0 Å².